The van der Waals surface area contributed by atoms with E-state index in [4.69, 9.17) is 4.98 Å². The summed E-state index contributed by atoms with van der Waals surface area (Å²) in [5, 5.41) is 7.47. The van der Waals surface area contributed by atoms with E-state index in [0.717, 1.165) is 35.5 Å². The molecule has 3 aromatic heterocycles. The van der Waals surface area contributed by atoms with Gasteiger partial charge in [0.25, 0.3) is 5.91 Å². The van der Waals surface area contributed by atoms with Crippen LogP contribution in [-0.4, -0.2) is 49.2 Å². The molecule has 0 radical (unpaired) electrons. The number of aromatic nitrogens is 5. The van der Waals surface area contributed by atoms with Gasteiger partial charge in [-0.15, -0.1) is 0 Å². The van der Waals surface area contributed by atoms with Crippen molar-refractivity contribution in [2.45, 2.75) is 32.6 Å². The molecule has 0 aromatic carbocycles. The Hall–Kier alpha value is -3.16. The van der Waals surface area contributed by atoms with Gasteiger partial charge in [-0.3, -0.25) is 9.78 Å². The van der Waals surface area contributed by atoms with Gasteiger partial charge < -0.3 is 4.90 Å². The molecule has 0 bridgehead atoms. The standard InChI is InChI=1S/C19H20N6O2/c1-12-17(24-27-23-12)19(26)25-9-3-4-15(11-25)18-16(10-21-13(2)22-18)14-5-7-20-8-6-14/h5-8,10,15H,3-4,9,11H2,1-2H3/t15-/m1/s1. The number of rotatable bonds is 3. The minimum Gasteiger partial charge on any atom is -0.336 e. The van der Waals surface area contributed by atoms with E-state index in [2.05, 4.69) is 24.9 Å². The van der Waals surface area contributed by atoms with Crippen LogP contribution in [0.25, 0.3) is 11.1 Å². The van der Waals surface area contributed by atoms with E-state index in [1.165, 1.54) is 0 Å². The first-order chi connectivity index (χ1) is 13.1. The summed E-state index contributed by atoms with van der Waals surface area (Å²) in [6, 6.07) is 3.90. The van der Waals surface area contributed by atoms with Crippen LogP contribution in [0, 0.1) is 13.8 Å². The van der Waals surface area contributed by atoms with Crippen molar-refractivity contribution in [1.29, 1.82) is 0 Å². The highest BCUT2D eigenvalue weighted by Crippen LogP contribution is 2.33. The second-order valence-electron chi connectivity index (χ2n) is 6.74. The van der Waals surface area contributed by atoms with Crippen LogP contribution in [0.2, 0.25) is 0 Å². The second kappa shape index (κ2) is 7.22. The maximum atomic E-state index is 12.8. The van der Waals surface area contributed by atoms with Crippen molar-refractivity contribution in [1.82, 2.24) is 30.2 Å². The van der Waals surface area contributed by atoms with Gasteiger partial charge in [-0.2, -0.15) is 0 Å². The van der Waals surface area contributed by atoms with Gasteiger partial charge in [-0.25, -0.2) is 14.6 Å². The highest BCUT2D eigenvalue weighted by molar-refractivity contribution is 5.93. The fourth-order valence-electron chi connectivity index (χ4n) is 3.51. The summed E-state index contributed by atoms with van der Waals surface area (Å²) < 4.78 is 4.69. The maximum Gasteiger partial charge on any atom is 0.278 e. The Morgan fingerprint density at radius 3 is 2.78 bits per heavy atom. The van der Waals surface area contributed by atoms with Gasteiger partial charge in [-0.1, -0.05) is 5.16 Å². The molecular weight excluding hydrogens is 344 g/mol. The fourth-order valence-corrected chi connectivity index (χ4v) is 3.51. The zero-order chi connectivity index (χ0) is 18.8. The van der Waals surface area contributed by atoms with Crippen LogP contribution < -0.4 is 0 Å². The van der Waals surface area contributed by atoms with Crippen LogP contribution in [0.5, 0.6) is 0 Å². The van der Waals surface area contributed by atoms with Crippen LogP contribution in [0.15, 0.2) is 35.4 Å². The Balaban J connectivity index is 1.65. The summed E-state index contributed by atoms with van der Waals surface area (Å²) in [7, 11) is 0. The molecule has 0 N–H and O–H groups in total. The van der Waals surface area contributed by atoms with E-state index in [0.29, 0.717) is 18.8 Å². The lowest BCUT2D eigenvalue weighted by Crippen LogP contribution is -2.40. The lowest BCUT2D eigenvalue weighted by Gasteiger charge is -2.32. The van der Waals surface area contributed by atoms with Crippen LogP contribution in [0.3, 0.4) is 0 Å². The van der Waals surface area contributed by atoms with Crippen LogP contribution in [0.1, 0.15) is 46.5 Å². The molecule has 8 nitrogen and oxygen atoms in total. The van der Waals surface area contributed by atoms with Gasteiger partial charge in [0.15, 0.2) is 5.69 Å². The lowest BCUT2D eigenvalue weighted by atomic mass is 9.90. The summed E-state index contributed by atoms with van der Waals surface area (Å²) in [4.78, 5) is 27.8. The summed E-state index contributed by atoms with van der Waals surface area (Å²) in [6.07, 6.45) is 7.25. The average molecular weight is 364 g/mol. The van der Waals surface area contributed by atoms with Gasteiger partial charge in [0.1, 0.15) is 11.5 Å². The summed E-state index contributed by atoms with van der Waals surface area (Å²) in [5.41, 5.74) is 3.78. The largest absolute Gasteiger partial charge is 0.336 e. The molecule has 8 heteroatoms. The predicted octanol–water partition coefficient (Wildman–Crippen LogP) is 2.56. The highest BCUT2D eigenvalue weighted by atomic mass is 16.6. The van der Waals surface area contributed by atoms with Gasteiger partial charge >= 0.3 is 0 Å². The molecule has 0 saturated carbocycles. The van der Waals surface area contributed by atoms with Gasteiger partial charge in [0.05, 0.1) is 5.69 Å². The predicted molar refractivity (Wildman–Crippen MR) is 96.9 cm³/mol. The second-order valence-corrected chi connectivity index (χ2v) is 6.74. The van der Waals surface area contributed by atoms with Crippen molar-refractivity contribution in [2.24, 2.45) is 0 Å². The number of carbonyl (C=O) groups is 1. The monoisotopic (exact) mass is 364 g/mol. The molecule has 0 spiro atoms. The third-order valence-electron chi connectivity index (χ3n) is 4.88. The molecule has 1 aliphatic heterocycles. The summed E-state index contributed by atoms with van der Waals surface area (Å²) in [5.74, 6) is 0.713. The van der Waals surface area contributed by atoms with Crippen molar-refractivity contribution in [3.05, 3.63) is 53.6 Å². The number of amides is 1. The Morgan fingerprint density at radius 2 is 2.04 bits per heavy atom. The molecule has 0 aliphatic carbocycles. The summed E-state index contributed by atoms with van der Waals surface area (Å²) >= 11 is 0. The molecule has 4 heterocycles. The van der Waals surface area contributed by atoms with E-state index in [-0.39, 0.29) is 17.5 Å². The molecule has 27 heavy (non-hydrogen) atoms. The zero-order valence-electron chi connectivity index (χ0n) is 15.3. The number of aryl methyl sites for hydroxylation is 2. The first-order valence-electron chi connectivity index (χ1n) is 8.96. The van der Waals surface area contributed by atoms with E-state index < -0.39 is 0 Å². The number of carbonyl (C=O) groups excluding carboxylic acids is 1. The van der Waals surface area contributed by atoms with Crippen LogP contribution in [-0.2, 0) is 0 Å². The third-order valence-corrected chi connectivity index (χ3v) is 4.88. The van der Waals surface area contributed by atoms with E-state index in [1.54, 1.807) is 19.3 Å². The minimum absolute atomic E-state index is 0.132. The first-order valence-corrected chi connectivity index (χ1v) is 8.96. The fraction of sp³-hybridized carbons (Fsp3) is 0.368. The number of piperidine rings is 1. The van der Waals surface area contributed by atoms with Crippen LogP contribution in [0.4, 0.5) is 0 Å². The average Bonchev–Trinajstić information content (AvgIpc) is 3.14. The smallest absolute Gasteiger partial charge is 0.278 e. The number of pyridine rings is 1. The molecule has 3 aromatic rings. The Morgan fingerprint density at radius 1 is 1.22 bits per heavy atom. The van der Waals surface area contributed by atoms with E-state index in [9.17, 15) is 4.79 Å². The SMILES string of the molecule is Cc1ncc(-c2ccncc2)c([C@@H]2CCCN(C(=O)c3nonc3C)C2)n1. The van der Waals surface area contributed by atoms with E-state index in [1.807, 2.05) is 30.2 Å². The molecule has 4 rings (SSSR count). The van der Waals surface area contributed by atoms with Gasteiger partial charge in [-0.05, 0) is 49.5 Å². The van der Waals surface area contributed by atoms with Gasteiger partial charge in [0, 0.05) is 43.2 Å². The van der Waals surface area contributed by atoms with Crippen LogP contribution >= 0.6 is 0 Å². The molecule has 138 valence electrons. The summed E-state index contributed by atoms with van der Waals surface area (Å²) in [6.45, 7) is 4.88. The zero-order valence-corrected chi connectivity index (χ0v) is 15.3. The maximum absolute atomic E-state index is 12.8. The minimum atomic E-state index is -0.144. The lowest BCUT2D eigenvalue weighted by molar-refractivity contribution is 0.0694. The Bertz CT molecular complexity index is 956. The topological polar surface area (TPSA) is 97.9 Å². The van der Waals surface area contributed by atoms with Crippen molar-refractivity contribution in [3.63, 3.8) is 0 Å². The molecule has 0 unspecified atom stereocenters. The number of nitrogens with zero attached hydrogens (tertiary/aromatic N) is 6. The third kappa shape index (κ3) is 3.42. The normalized spacial score (nSPS) is 17.1. The van der Waals surface area contributed by atoms with Gasteiger partial charge in [0.2, 0.25) is 0 Å². The first kappa shape index (κ1) is 17.3. The number of hydrogen-bond acceptors (Lipinski definition) is 7. The van der Waals surface area contributed by atoms with Crippen molar-refractivity contribution < 1.29 is 9.42 Å². The molecule has 1 fully saturated rings. The molecule has 1 atom stereocenters. The quantitative estimate of drug-likeness (QED) is 0.704. The Kier molecular flexibility index (Phi) is 4.62. The molecule has 1 saturated heterocycles. The van der Waals surface area contributed by atoms with Crippen molar-refractivity contribution in [3.8, 4) is 11.1 Å². The molecule has 1 aliphatic rings. The highest BCUT2D eigenvalue weighted by Gasteiger charge is 2.30. The Labute approximate surface area is 156 Å². The van der Waals surface area contributed by atoms with E-state index >= 15 is 0 Å². The number of hydrogen-bond donors (Lipinski definition) is 0. The molecular formula is C19H20N6O2. The van der Waals surface area contributed by atoms with Crippen molar-refractivity contribution >= 4 is 5.91 Å². The molecule has 1 amide bonds. The number of likely N-dealkylation sites (tertiary alicyclic amines) is 1. The van der Waals surface area contributed by atoms with Crippen molar-refractivity contribution in [2.75, 3.05) is 13.1 Å².